The zero-order valence-corrected chi connectivity index (χ0v) is 13.5. The summed E-state index contributed by atoms with van der Waals surface area (Å²) in [5.41, 5.74) is 0.663. The molecule has 0 spiro atoms. The van der Waals surface area contributed by atoms with Gasteiger partial charge in [0.05, 0.1) is 8.95 Å². The molecular formula is C9H9Br2F2N3Si. The maximum atomic E-state index is 13.5. The fraction of sp³-hybridized carbons (Fsp3) is 0.333. The normalized spacial score (nSPS) is 12.4. The van der Waals surface area contributed by atoms with Gasteiger partial charge in [-0.15, -0.1) is 0 Å². The molecule has 0 aliphatic carbocycles. The van der Waals surface area contributed by atoms with Crippen LogP contribution in [0.4, 0.5) is 8.78 Å². The summed E-state index contributed by atoms with van der Waals surface area (Å²) in [6.07, 6.45) is 0. The Hall–Kier alpha value is -0.343. The quantitative estimate of drug-likeness (QED) is 0.424. The van der Waals surface area contributed by atoms with Crippen LogP contribution in [0.2, 0.25) is 19.6 Å². The molecule has 0 N–H and O–H groups in total. The molecule has 0 saturated heterocycles. The monoisotopic (exact) mass is 383 g/mol. The molecule has 0 radical (unpaired) electrons. The van der Waals surface area contributed by atoms with Crippen molar-refractivity contribution in [2.24, 2.45) is 0 Å². The second kappa shape index (κ2) is 4.10. The van der Waals surface area contributed by atoms with Gasteiger partial charge in [-0.05, 0) is 51.5 Å². The molecule has 8 heteroatoms. The van der Waals surface area contributed by atoms with Crippen LogP contribution in [0.25, 0.3) is 11.0 Å². The van der Waals surface area contributed by atoms with Crippen LogP contribution in [0.15, 0.2) is 8.95 Å². The van der Waals surface area contributed by atoms with Gasteiger partial charge in [0.2, 0.25) is 8.24 Å². The van der Waals surface area contributed by atoms with Gasteiger partial charge in [-0.1, -0.05) is 0 Å². The molecule has 0 fully saturated rings. The van der Waals surface area contributed by atoms with Crippen molar-refractivity contribution in [3.05, 3.63) is 20.6 Å². The predicted molar refractivity (Wildman–Crippen MR) is 71.6 cm³/mol. The first-order valence-corrected chi connectivity index (χ1v) is 9.86. The van der Waals surface area contributed by atoms with E-state index in [0.29, 0.717) is 11.0 Å². The standard InChI is InChI=1S/C9H9Br2F2N3Si/c1-17(2,3)16-14-8-4(10)6(12)7(13)5(11)9(8)15-16/h1-3H3. The molecule has 1 heterocycles. The van der Waals surface area contributed by atoms with Crippen molar-refractivity contribution in [3.63, 3.8) is 0 Å². The predicted octanol–water partition coefficient (Wildman–Crippen LogP) is 3.92. The first-order valence-electron chi connectivity index (χ1n) is 4.83. The van der Waals surface area contributed by atoms with Gasteiger partial charge in [0.25, 0.3) is 0 Å². The van der Waals surface area contributed by atoms with Crippen molar-refractivity contribution in [2.75, 3.05) is 0 Å². The largest absolute Gasteiger partial charge is 0.220 e. The van der Waals surface area contributed by atoms with Gasteiger partial charge in [-0.2, -0.15) is 10.2 Å². The number of halogens is 4. The van der Waals surface area contributed by atoms with Crippen LogP contribution < -0.4 is 0 Å². The second-order valence-electron chi connectivity index (χ2n) is 4.61. The first-order chi connectivity index (χ1) is 7.73. The second-order valence-corrected chi connectivity index (χ2v) is 10.9. The molecule has 1 aromatic carbocycles. The molecule has 17 heavy (non-hydrogen) atoms. The molecule has 0 amide bonds. The van der Waals surface area contributed by atoms with E-state index in [-0.39, 0.29) is 8.95 Å². The van der Waals surface area contributed by atoms with E-state index in [0.717, 1.165) is 0 Å². The molecule has 92 valence electrons. The molecule has 0 bridgehead atoms. The van der Waals surface area contributed by atoms with E-state index < -0.39 is 19.9 Å². The van der Waals surface area contributed by atoms with Crippen molar-refractivity contribution in [1.82, 2.24) is 14.7 Å². The zero-order valence-electron chi connectivity index (χ0n) is 9.35. The van der Waals surface area contributed by atoms with Gasteiger partial charge in [0.15, 0.2) is 11.6 Å². The van der Waals surface area contributed by atoms with Gasteiger partial charge < -0.3 is 0 Å². The molecule has 1 aromatic heterocycles. The fourth-order valence-electron chi connectivity index (χ4n) is 1.30. The maximum absolute atomic E-state index is 13.5. The van der Waals surface area contributed by atoms with Gasteiger partial charge in [0, 0.05) is 0 Å². The minimum atomic E-state index is -1.79. The van der Waals surface area contributed by atoms with E-state index in [4.69, 9.17) is 0 Å². The van der Waals surface area contributed by atoms with Crippen LogP contribution in [0.5, 0.6) is 0 Å². The molecule has 0 aliphatic heterocycles. The average molecular weight is 385 g/mol. The Morgan fingerprint density at radius 2 is 1.29 bits per heavy atom. The highest BCUT2D eigenvalue weighted by Crippen LogP contribution is 2.33. The lowest BCUT2D eigenvalue weighted by molar-refractivity contribution is 0.502. The summed E-state index contributed by atoms with van der Waals surface area (Å²) in [6.45, 7) is 6.13. The van der Waals surface area contributed by atoms with Gasteiger partial charge in [0.1, 0.15) is 11.0 Å². The number of fused-ring (bicyclic) bond motifs is 1. The van der Waals surface area contributed by atoms with Gasteiger partial charge in [-0.3, -0.25) is 0 Å². The van der Waals surface area contributed by atoms with E-state index in [1.165, 1.54) is 0 Å². The highest BCUT2D eigenvalue weighted by molar-refractivity contribution is 9.11. The lowest BCUT2D eigenvalue weighted by atomic mass is 10.3. The van der Waals surface area contributed by atoms with Crippen molar-refractivity contribution < 1.29 is 8.78 Å². The summed E-state index contributed by atoms with van der Waals surface area (Å²) in [6, 6.07) is 0. The molecular weight excluding hydrogens is 376 g/mol. The molecule has 3 nitrogen and oxygen atoms in total. The number of aromatic nitrogens is 3. The van der Waals surface area contributed by atoms with Crippen molar-refractivity contribution >= 4 is 51.1 Å². The number of rotatable bonds is 1. The van der Waals surface area contributed by atoms with Crippen molar-refractivity contribution in [3.8, 4) is 0 Å². The van der Waals surface area contributed by atoms with Crippen molar-refractivity contribution in [2.45, 2.75) is 19.6 Å². The first kappa shape index (κ1) is 13.1. The fourth-order valence-corrected chi connectivity index (χ4v) is 2.99. The lowest BCUT2D eigenvalue weighted by Crippen LogP contribution is -2.34. The summed E-state index contributed by atoms with van der Waals surface area (Å²) < 4.78 is 28.6. The molecule has 0 unspecified atom stereocenters. The number of nitrogens with zero attached hydrogens (tertiary/aromatic N) is 3. The van der Waals surface area contributed by atoms with Gasteiger partial charge in [-0.25, -0.2) is 13.2 Å². The Balaban J connectivity index is 2.86. The molecule has 0 atom stereocenters. The van der Waals surface area contributed by atoms with Crippen LogP contribution in [-0.2, 0) is 0 Å². The van der Waals surface area contributed by atoms with E-state index >= 15 is 0 Å². The van der Waals surface area contributed by atoms with Crippen LogP contribution in [0.1, 0.15) is 0 Å². The maximum Gasteiger partial charge on any atom is 0.202 e. The Morgan fingerprint density at radius 1 is 0.941 bits per heavy atom. The molecule has 2 aromatic rings. The van der Waals surface area contributed by atoms with Crippen LogP contribution in [0.3, 0.4) is 0 Å². The third kappa shape index (κ3) is 2.06. The highest BCUT2D eigenvalue weighted by atomic mass is 79.9. The highest BCUT2D eigenvalue weighted by Gasteiger charge is 2.25. The summed E-state index contributed by atoms with van der Waals surface area (Å²) in [5.74, 6) is -1.90. The van der Waals surface area contributed by atoms with E-state index in [9.17, 15) is 8.78 Å². The zero-order chi connectivity index (χ0) is 13.0. The van der Waals surface area contributed by atoms with Crippen LogP contribution in [0, 0.1) is 11.6 Å². The minimum Gasteiger partial charge on any atom is -0.220 e. The molecule has 0 aliphatic rings. The Bertz CT molecular complexity index is 562. The SMILES string of the molecule is C[Si](C)(C)n1nc2c(Br)c(F)c(F)c(Br)c2n1. The summed E-state index contributed by atoms with van der Waals surface area (Å²) >= 11 is 6.02. The topological polar surface area (TPSA) is 30.7 Å². The van der Waals surface area contributed by atoms with Crippen LogP contribution in [-0.4, -0.2) is 22.9 Å². The third-order valence-electron chi connectivity index (χ3n) is 2.21. The van der Waals surface area contributed by atoms with E-state index in [2.05, 4.69) is 42.1 Å². The smallest absolute Gasteiger partial charge is 0.202 e. The number of hydrogen-bond donors (Lipinski definition) is 0. The number of benzene rings is 1. The Morgan fingerprint density at radius 3 is 1.59 bits per heavy atom. The average Bonchev–Trinajstić information content (AvgIpc) is 2.67. The van der Waals surface area contributed by atoms with Gasteiger partial charge >= 0.3 is 0 Å². The Labute approximate surface area is 115 Å². The third-order valence-corrected chi connectivity index (χ3v) is 5.06. The van der Waals surface area contributed by atoms with E-state index in [1.807, 2.05) is 19.6 Å². The van der Waals surface area contributed by atoms with Crippen LogP contribution >= 0.6 is 31.9 Å². The Kier molecular flexibility index (Phi) is 3.16. The number of hydrogen-bond acceptors (Lipinski definition) is 2. The summed E-state index contributed by atoms with van der Waals surface area (Å²) in [4.78, 5) is 0. The lowest BCUT2D eigenvalue weighted by Gasteiger charge is -2.13. The molecule has 2 rings (SSSR count). The molecule has 0 saturated carbocycles. The minimum absolute atomic E-state index is 0.0118. The summed E-state index contributed by atoms with van der Waals surface area (Å²) in [5, 5.41) is 8.46. The van der Waals surface area contributed by atoms with Crippen molar-refractivity contribution in [1.29, 1.82) is 0 Å². The summed E-state index contributed by atoms with van der Waals surface area (Å²) in [7, 11) is -1.79. The van der Waals surface area contributed by atoms with E-state index in [1.54, 1.807) is 4.46 Å².